The third kappa shape index (κ3) is 4.99. The lowest BCUT2D eigenvalue weighted by Crippen LogP contribution is -2.28. The van der Waals surface area contributed by atoms with Crippen LogP contribution in [0.5, 0.6) is 0 Å². The summed E-state index contributed by atoms with van der Waals surface area (Å²) in [5, 5.41) is 6.56. The summed E-state index contributed by atoms with van der Waals surface area (Å²) in [4.78, 5) is 27.8. The lowest BCUT2D eigenvalue weighted by Gasteiger charge is -2.19. The maximum Gasteiger partial charge on any atom is 0.275 e. The zero-order valence-corrected chi connectivity index (χ0v) is 19.1. The first kappa shape index (κ1) is 22.8. The number of nitrogens with zero attached hydrogens (tertiary/aromatic N) is 2. The van der Waals surface area contributed by atoms with Gasteiger partial charge in [-0.05, 0) is 37.7 Å². The molecule has 0 spiro atoms. The van der Waals surface area contributed by atoms with Crippen LogP contribution in [0, 0.1) is 0 Å². The highest BCUT2D eigenvalue weighted by Crippen LogP contribution is 2.32. The number of para-hydroxylation sites is 2. The molecule has 0 fully saturated rings. The molecule has 2 aromatic carbocycles. The van der Waals surface area contributed by atoms with E-state index < -0.39 is 5.91 Å². The Kier molecular flexibility index (Phi) is 7.22. The second-order valence-corrected chi connectivity index (χ2v) is 8.06. The van der Waals surface area contributed by atoms with Crippen LogP contribution in [-0.4, -0.2) is 54.6 Å². The summed E-state index contributed by atoms with van der Waals surface area (Å²) in [6.45, 7) is 6.54. The first-order chi connectivity index (χ1) is 16.1. The van der Waals surface area contributed by atoms with Gasteiger partial charge in [-0.25, -0.2) is 0 Å². The molecule has 0 saturated carbocycles. The Morgan fingerprint density at radius 3 is 2.52 bits per heavy atom. The van der Waals surface area contributed by atoms with Crippen molar-refractivity contribution >= 4 is 34.0 Å². The molecule has 2 heterocycles. The number of aromatic nitrogens is 1. The van der Waals surface area contributed by atoms with Crippen LogP contribution in [0.3, 0.4) is 0 Å². The van der Waals surface area contributed by atoms with Gasteiger partial charge in [0.25, 0.3) is 11.8 Å². The van der Waals surface area contributed by atoms with Crippen LogP contribution in [0.4, 0.5) is 5.69 Å². The molecule has 7 nitrogen and oxygen atoms in total. The molecular weight excluding hydrogens is 416 g/mol. The second kappa shape index (κ2) is 10.5. The highest BCUT2D eigenvalue weighted by molar-refractivity contribution is 6.38. The zero-order valence-electron chi connectivity index (χ0n) is 19.1. The lowest BCUT2D eigenvalue weighted by molar-refractivity contribution is -0.123. The van der Waals surface area contributed by atoms with E-state index in [2.05, 4.69) is 33.1 Å². The molecular formula is C26H30N4O3. The van der Waals surface area contributed by atoms with Crippen LogP contribution >= 0.6 is 0 Å². The topological polar surface area (TPSA) is 75.6 Å². The van der Waals surface area contributed by atoms with Crippen molar-refractivity contribution in [3.05, 3.63) is 72.1 Å². The summed E-state index contributed by atoms with van der Waals surface area (Å²) in [6, 6.07) is 17.4. The van der Waals surface area contributed by atoms with Gasteiger partial charge in [0.1, 0.15) is 5.70 Å². The fourth-order valence-electron chi connectivity index (χ4n) is 4.24. The fourth-order valence-corrected chi connectivity index (χ4v) is 4.24. The number of hydrogen-bond donors (Lipinski definition) is 2. The van der Waals surface area contributed by atoms with Gasteiger partial charge < -0.3 is 19.5 Å². The van der Waals surface area contributed by atoms with Crippen molar-refractivity contribution in [1.82, 2.24) is 14.8 Å². The minimum absolute atomic E-state index is 0.283. The van der Waals surface area contributed by atoms with Crippen LogP contribution in [0.15, 0.2) is 66.5 Å². The zero-order chi connectivity index (χ0) is 23.2. The van der Waals surface area contributed by atoms with E-state index in [4.69, 9.17) is 4.74 Å². The van der Waals surface area contributed by atoms with Gasteiger partial charge in [0.2, 0.25) is 0 Å². The van der Waals surface area contributed by atoms with Gasteiger partial charge in [0.15, 0.2) is 0 Å². The number of amides is 2. The van der Waals surface area contributed by atoms with Crippen molar-refractivity contribution in [2.45, 2.75) is 19.9 Å². The first-order valence-electron chi connectivity index (χ1n) is 11.3. The molecule has 33 heavy (non-hydrogen) atoms. The molecule has 2 amide bonds. The third-order valence-electron chi connectivity index (χ3n) is 5.96. The summed E-state index contributed by atoms with van der Waals surface area (Å²) < 4.78 is 7.38. The number of carbonyl (C=O) groups excluding carboxylic acids is 2. The second-order valence-electron chi connectivity index (χ2n) is 8.06. The molecule has 0 bridgehead atoms. The van der Waals surface area contributed by atoms with Gasteiger partial charge in [0.05, 0.1) is 12.2 Å². The molecule has 1 aromatic heterocycles. The predicted molar refractivity (Wildman–Crippen MR) is 131 cm³/mol. The van der Waals surface area contributed by atoms with Crippen molar-refractivity contribution in [1.29, 1.82) is 0 Å². The van der Waals surface area contributed by atoms with Crippen molar-refractivity contribution in [3.8, 4) is 0 Å². The number of benzene rings is 2. The third-order valence-corrected chi connectivity index (χ3v) is 5.96. The number of rotatable bonds is 11. The number of hydrogen-bond acceptors (Lipinski definition) is 5. The number of nitrogens with one attached hydrogen (secondary N) is 2. The minimum Gasteiger partial charge on any atom is -0.383 e. The number of carbonyl (C=O) groups is 2. The predicted octanol–water partition coefficient (Wildman–Crippen LogP) is 3.48. The van der Waals surface area contributed by atoms with Gasteiger partial charge in [-0.2, -0.15) is 0 Å². The molecule has 4 rings (SSSR count). The molecule has 3 aromatic rings. The van der Waals surface area contributed by atoms with E-state index in [9.17, 15) is 9.59 Å². The van der Waals surface area contributed by atoms with E-state index >= 15 is 0 Å². The van der Waals surface area contributed by atoms with E-state index in [-0.39, 0.29) is 11.6 Å². The van der Waals surface area contributed by atoms with E-state index in [1.54, 1.807) is 7.11 Å². The number of methoxy groups -OCH3 is 1. The van der Waals surface area contributed by atoms with Crippen molar-refractivity contribution in [2.24, 2.45) is 0 Å². The molecule has 0 aliphatic carbocycles. The van der Waals surface area contributed by atoms with E-state index in [0.29, 0.717) is 5.57 Å². The Hall–Kier alpha value is -3.42. The highest BCUT2D eigenvalue weighted by atomic mass is 16.5. The van der Waals surface area contributed by atoms with Crippen molar-refractivity contribution in [2.75, 3.05) is 38.7 Å². The summed E-state index contributed by atoms with van der Waals surface area (Å²) in [5.41, 5.74) is 3.24. The molecule has 1 aliphatic rings. The molecule has 1 aliphatic heterocycles. The average Bonchev–Trinajstić information content (AvgIpc) is 3.32. The summed E-state index contributed by atoms with van der Waals surface area (Å²) in [6.07, 6.45) is 2.96. The van der Waals surface area contributed by atoms with Crippen LogP contribution in [-0.2, 0) is 20.9 Å². The number of imide groups is 1. The number of aryl methyl sites for hydroxylation is 1. The van der Waals surface area contributed by atoms with Crippen LogP contribution in [0.2, 0.25) is 0 Å². The van der Waals surface area contributed by atoms with Gasteiger partial charge in [0, 0.05) is 48.5 Å². The average molecular weight is 447 g/mol. The van der Waals surface area contributed by atoms with Gasteiger partial charge >= 0.3 is 0 Å². The maximum absolute atomic E-state index is 12.8. The van der Waals surface area contributed by atoms with Gasteiger partial charge in [-0.1, -0.05) is 43.3 Å². The normalized spacial score (nSPS) is 13.9. The van der Waals surface area contributed by atoms with E-state index in [1.807, 2.05) is 54.7 Å². The van der Waals surface area contributed by atoms with Crippen LogP contribution in [0.25, 0.3) is 16.5 Å². The Morgan fingerprint density at radius 2 is 1.76 bits per heavy atom. The van der Waals surface area contributed by atoms with Gasteiger partial charge in [-0.15, -0.1) is 0 Å². The Bertz CT molecular complexity index is 1170. The molecule has 0 atom stereocenters. The summed E-state index contributed by atoms with van der Waals surface area (Å²) in [5.74, 6) is -0.787. The standard InChI is InChI=1S/C26H30N4O3/c1-3-29(16-17-33-2)14-9-15-30-18-21(20-12-7-8-13-22(20)30)23-24(26(32)28-25(23)31)27-19-10-5-4-6-11-19/h4-8,10-13,18H,3,9,14-17H2,1-2H3,(H2,27,28,31,32). The monoisotopic (exact) mass is 446 g/mol. The fraction of sp³-hybridized carbons (Fsp3) is 0.308. The largest absolute Gasteiger partial charge is 0.383 e. The molecule has 0 unspecified atom stereocenters. The lowest BCUT2D eigenvalue weighted by atomic mass is 10.0. The molecule has 2 N–H and O–H groups in total. The summed E-state index contributed by atoms with van der Waals surface area (Å²) in [7, 11) is 1.72. The van der Waals surface area contributed by atoms with Gasteiger partial charge in [-0.3, -0.25) is 14.9 Å². The smallest absolute Gasteiger partial charge is 0.275 e. The van der Waals surface area contributed by atoms with Crippen LogP contribution < -0.4 is 10.6 Å². The Balaban J connectivity index is 1.65. The Labute approximate surface area is 194 Å². The van der Waals surface area contributed by atoms with Crippen LogP contribution in [0.1, 0.15) is 18.9 Å². The number of anilines is 1. The molecule has 0 radical (unpaired) electrons. The maximum atomic E-state index is 12.8. The molecule has 0 saturated heterocycles. The van der Waals surface area contributed by atoms with E-state index in [1.165, 1.54) is 0 Å². The number of ether oxygens (including phenoxy) is 1. The van der Waals surface area contributed by atoms with Crippen molar-refractivity contribution in [3.63, 3.8) is 0 Å². The van der Waals surface area contributed by atoms with Crippen molar-refractivity contribution < 1.29 is 14.3 Å². The minimum atomic E-state index is -0.410. The number of likely N-dealkylation sites (N-methyl/N-ethyl adjacent to an activating group) is 1. The quantitative estimate of drug-likeness (QED) is 0.441. The highest BCUT2D eigenvalue weighted by Gasteiger charge is 2.33. The molecule has 7 heteroatoms. The van der Waals surface area contributed by atoms with E-state index in [0.717, 1.165) is 61.4 Å². The first-order valence-corrected chi connectivity index (χ1v) is 11.3. The summed E-state index contributed by atoms with van der Waals surface area (Å²) >= 11 is 0. The SMILES string of the molecule is CCN(CCCn1cc(C2=C(Nc3ccccc3)C(=O)NC2=O)c2ccccc21)CCOC. The Morgan fingerprint density at radius 1 is 1.00 bits per heavy atom. The molecule has 172 valence electrons. The number of fused-ring (bicyclic) bond motifs is 1.